The maximum absolute atomic E-state index is 12.9. The Balaban J connectivity index is 3.36. The first-order valence-corrected chi connectivity index (χ1v) is 3.86. The SMILES string of the molecule is COc1cc(F)cc(C#N)c1CC#N. The number of hydrogen-bond donors (Lipinski definition) is 0. The van der Waals surface area contributed by atoms with E-state index in [0.717, 1.165) is 12.1 Å². The standard InChI is InChI=1S/C10H7FN2O/c1-14-10-5-8(11)4-7(6-13)9(10)2-3-12/h4-5H,2H2,1H3. The summed E-state index contributed by atoms with van der Waals surface area (Å²) in [7, 11) is 1.37. The molecule has 0 heterocycles. The second kappa shape index (κ2) is 4.25. The van der Waals surface area contributed by atoms with Crippen LogP contribution in [0.1, 0.15) is 11.1 Å². The molecule has 4 heteroatoms. The summed E-state index contributed by atoms with van der Waals surface area (Å²) < 4.78 is 17.8. The van der Waals surface area contributed by atoms with Crippen molar-refractivity contribution in [3.8, 4) is 17.9 Å². The Morgan fingerprint density at radius 1 is 1.43 bits per heavy atom. The smallest absolute Gasteiger partial charge is 0.128 e. The van der Waals surface area contributed by atoms with Gasteiger partial charge in [-0.3, -0.25) is 0 Å². The molecule has 70 valence electrons. The first-order chi connectivity index (χ1) is 6.72. The fourth-order valence-electron chi connectivity index (χ4n) is 1.16. The zero-order valence-corrected chi connectivity index (χ0v) is 7.54. The predicted molar refractivity (Wildman–Crippen MR) is 47.0 cm³/mol. The monoisotopic (exact) mass is 190 g/mol. The topological polar surface area (TPSA) is 56.8 Å². The van der Waals surface area contributed by atoms with Gasteiger partial charge in [-0.05, 0) is 6.07 Å². The summed E-state index contributed by atoms with van der Waals surface area (Å²) in [6.07, 6.45) is 0.0341. The Morgan fingerprint density at radius 2 is 2.14 bits per heavy atom. The van der Waals surface area contributed by atoms with Crippen molar-refractivity contribution < 1.29 is 9.13 Å². The van der Waals surface area contributed by atoms with E-state index in [9.17, 15) is 4.39 Å². The molecule has 0 atom stereocenters. The molecule has 0 radical (unpaired) electrons. The normalized spacial score (nSPS) is 8.86. The highest BCUT2D eigenvalue weighted by atomic mass is 19.1. The molecule has 0 amide bonds. The van der Waals surface area contributed by atoms with Crippen LogP contribution in [0.25, 0.3) is 0 Å². The van der Waals surface area contributed by atoms with Crippen molar-refractivity contribution >= 4 is 0 Å². The van der Waals surface area contributed by atoms with Gasteiger partial charge in [-0.15, -0.1) is 0 Å². The minimum absolute atomic E-state index is 0.0341. The van der Waals surface area contributed by atoms with E-state index in [2.05, 4.69) is 0 Å². The summed E-state index contributed by atoms with van der Waals surface area (Å²) in [6.45, 7) is 0. The maximum atomic E-state index is 12.9. The van der Waals surface area contributed by atoms with E-state index in [1.165, 1.54) is 7.11 Å². The zero-order chi connectivity index (χ0) is 10.6. The third kappa shape index (κ3) is 1.81. The van der Waals surface area contributed by atoms with Gasteiger partial charge in [0.15, 0.2) is 0 Å². The molecular weight excluding hydrogens is 183 g/mol. The molecule has 0 aromatic heterocycles. The average Bonchev–Trinajstić information content (AvgIpc) is 2.20. The second-order valence-corrected chi connectivity index (χ2v) is 2.58. The largest absolute Gasteiger partial charge is 0.496 e. The first-order valence-electron chi connectivity index (χ1n) is 3.86. The van der Waals surface area contributed by atoms with Gasteiger partial charge in [-0.2, -0.15) is 10.5 Å². The lowest BCUT2D eigenvalue weighted by molar-refractivity contribution is 0.407. The molecule has 0 N–H and O–H groups in total. The van der Waals surface area contributed by atoms with Gasteiger partial charge in [0.05, 0.1) is 31.2 Å². The van der Waals surface area contributed by atoms with E-state index in [-0.39, 0.29) is 17.7 Å². The highest BCUT2D eigenvalue weighted by Crippen LogP contribution is 2.23. The molecule has 1 rings (SSSR count). The highest BCUT2D eigenvalue weighted by Gasteiger charge is 2.10. The van der Waals surface area contributed by atoms with Crippen LogP contribution in [0.3, 0.4) is 0 Å². The predicted octanol–water partition coefficient (Wildman–Crippen LogP) is 1.77. The Bertz CT molecular complexity index is 429. The molecule has 0 aliphatic carbocycles. The van der Waals surface area contributed by atoms with Gasteiger partial charge in [0.2, 0.25) is 0 Å². The molecule has 0 fully saturated rings. The van der Waals surface area contributed by atoms with Gasteiger partial charge in [0.25, 0.3) is 0 Å². The van der Waals surface area contributed by atoms with Crippen LogP contribution in [-0.2, 0) is 6.42 Å². The van der Waals surface area contributed by atoms with Gasteiger partial charge in [0, 0.05) is 11.6 Å². The molecule has 0 spiro atoms. The Hall–Kier alpha value is -2.07. The zero-order valence-electron chi connectivity index (χ0n) is 7.54. The van der Waals surface area contributed by atoms with Crippen LogP contribution in [0, 0.1) is 28.5 Å². The van der Waals surface area contributed by atoms with Crippen molar-refractivity contribution in [2.75, 3.05) is 7.11 Å². The molecule has 0 saturated carbocycles. The number of nitriles is 2. The lowest BCUT2D eigenvalue weighted by atomic mass is 10.0. The summed E-state index contributed by atoms with van der Waals surface area (Å²) in [4.78, 5) is 0. The molecule has 0 unspecified atom stereocenters. The van der Waals surface area contributed by atoms with Crippen molar-refractivity contribution in [1.29, 1.82) is 10.5 Å². The number of rotatable bonds is 2. The maximum Gasteiger partial charge on any atom is 0.128 e. The molecule has 0 aliphatic heterocycles. The van der Waals surface area contributed by atoms with E-state index < -0.39 is 5.82 Å². The third-order valence-electron chi connectivity index (χ3n) is 1.77. The van der Waals surface area contributed by atoms with Crippen LogP contribution in [0.4, 0.5) is 4.39 Å². The second-order valence-electron chi connectivity index (χ2n) is 2.58. The molecule has 14 heavy (non-hydrogen) atoms. The van der Waals surface area contributed by atoms with E-state index in [1.54, 1.807) is 0 Å². The number of nitrogens with zero attached hydrogens (tertiary/aromatic N) is 2. The molecule has 3 nitrogen and oxygen atoms in total. The van der Waals surface area contributed by atoms with Gasteiger partial charge in [-0.1, -0.05) is 0 Å². The fourth-order valence-corrected chi connectivity index (χ4v) is 1.16. The van der Waals surface area contributed by atoms with Gasteiger partial charge in [0.1, 0.15) is 11.6 Å². The Morgan fingerprint density at radius 3 is 2.64 bits per heavy atom. The van der Waals surface area contributed by atoms with Crippen LogP contribution >= 0.6 is 0 Å². The number of benzene rings is 1. The van der Waals surface area contributed by atoms with Crippen molar-refractivity contribution in [3.05, 3.63) is 29.1 Å². The average molecular weight is 190 g/mol. The summed E-state index contributed by atoms with van der Waals surface area (Å²) in [5.74, 6) is -0.303. The quantitative estimate of drug-likeness (QED) is 0.714. The van der Waals surface area contributed by atoms with E-state index >= 15 is 0 Å². The van der Waals surface area contributed by atoms with Crippen LogP contribution in [-0.4, -0.2) is 7.11 Å². The summed E-state index contributed by atoms with van der Waals surface area (Å²) in [5, 5.41) is 17.2. The summed E-state index contributed by atoms with van der Waals surface area (Å²) in [5.41, 5.74) is 0.572. The lowest BCUT2D eigenvalue weighted by Gasteiger charge is -2.06. The van der Waals surface area contributed by atoms with Crippen LogP contribution in [0.2, 0.25) is 0 Å². The Kier molecular flexibility index (Phi) is 3.04. The van der Waals surface area contributed by atoms with Gasteiger partial charge < -0.3 is 4.74 Å². The lowest BCUT2D eigenvalue weighted by Crippen LogP contribution is -1.96. The van der Waals surface area contributed by atoms with Crippen molar-refractivity contribution in [3.63, 3.8) is 0 Å². The highest BCUT2D eigenvalue weighted by molar-refractivity contribution is 5.48. The minimum Gasteiger partial charge on any atom is -0.496 e. The minimum atomic E-state index is -0.542. The molecule has 0 bridgehead atoms. The van der Waals surface area contributed by atoms with E-state index in [4.69, 9.17) is 15.3 Å². The number of methoxy groups -OCH3 is 1. The molecule has 1 aromatic carbocycles. The van der Waals surface area contributed by atoms with Crippen molar-refractivity contribution in [1.82, 2.24) is 0 Å². The summed E-state index contributed by atoms with van der Waals surface area (Å²) in [6, 6.07) is 5.98. The van der Waals surface area contributed by atoms with Crippen molar-refractivity contribution in [2.45, 2.75) is 6.42 Å². The Labute approximate surface area is 81.0 Å². The molecule has 1 aromatic rings. The third-order valence-corrected chi connectivity index (χ3v) is 1.77. The number of ether oxygens (including phenoxy) is 1. The van der Waals surface area contributed by atoms with Crippen LogP contribution in [0.15, 0.2) is 12.1 Å². The summed E-state index contributed by atoms with van der Waals surface area (Å²) >= 11 is 0. The van der Waals surface area contributed by atoms with Crippen LogP contribution in [0.5, 0.6) is 5.75 Å². The van der Waals surface area contributed by atoms with Gasteiger partial charge in [-0.25, -0.2) is 4.39 Å². The number of halogens is 1. The van der Waals surface area contributed by atoms with Gasteiger partial charge >= 0.3 is 0 Å². The van der Waals surface area contributed by atoms with E-state index in [1.807, 2.05) is 12.1 Å². The fraction of sp³-hybridized carbons (Fsp3) is 0.200. The van der Waals surface area contributed by atoms with Crippen LogP contribution < -0.4 is 4.74 Å². The molecule has 0 saturated heterocycles. The molecule has 0 aliphatic rings. The van der Waals surface area contributed by atoms with Crippen molar-refractivity contribution in [2.24, 2.45) is 0 Å². The first kappa shape index (κ1) is 10.0. The molecular formula is C10H7FN2O. The van der Waals surface area contributed by atoms with E-state index in [0.29, 0.717) is 5.56 Å². The number of hydrogen-bond acceptors (Lipinski definition) is 3.